The minimum absolute atomic E-state index is 0.0720. The SMILES string of the molecule is CC1C(=O)N(OS(=O)(=O)CF)C(=O)C1C.CCC(c1ccccc1)C1C(=O)N(OS(=O)(=O)C(F)(F)F)C(=O)C1C.CF.Cc1cccc(OS(=O)ON2C(=O)C3CCC4C=CC4C3C2=O)c1.O=C1C2CCC3C4OC4C3C2C(=O)N1OS(=O)(=O)C(F)(F)F.O=C1c2ccccc2C(=O)N1OS(=O)(=O)C(F)(F)F. The van der Waals surface area contributed by atoms with E-state index in [-0.39, 0.29) is 62.2 Å². The molecule has 16 atom stereocenters. The van der Waals surface area contributed by atoms with Crippen LogP contribution < -0.4 is 4.18 Å². The van der Waals surface area contributed by atoms with E-state index in [9.17, 15) is 134 Å². The maximum Gasteiger partial charge on any atom is 0.525 e. The Morgan fingerprint density at radius 2 is 0.981 bits per heavy atom. The number of carbonyl (C=O) groups is 10. The average molecular weight is 1640 g/mol. The number of fused-ring (bicyclic) bond motifs is 10. The van der Waals surface area contributed by atoms with Gasteiger partial charge in [0.25, 0.3) is 59.1 Å². The normalized spacial score (nSPS) is 28.3. The molecule has 3 aromatic rings. The summed E-state index contributed by atoms with van der Waals surface area (Å²) in [5.41, 5.74) is -16.0. The fourth-order valence-corrected chi connectivity index (χ4v) is 15.4. The molecule has 31 nitrogen and oxygen atoms in total. The molecule has 10 amide bonds. The maximum atomic E-state index is 12.5. The first kappa shape index (κ1) is 84.5. The van der Waals surface area contributed by atoms with Gasteiger partial charge in [0.05, 0.1) is 66.0 Å². The van der Waals surface area contributed by atoms with Gasteiger partial charge in [-0.1, -0.05) is 94.4 Å². The first-order valence-corrected chi connectivity index (χ1v) is 38.1. The van der Waals surface area contributed by atoms with Gasteiger partial charge >= 0.3 is 68.4 Å². The third-order valence-corrected chi connectivity index (χ3v) is 22.6. The van der Waals surface area contributed by atoms with E-state index in [1.54, 1.807) is 55.5 Å². The summed E-state index contributed by atoms with van der Waals surface area (Å²) in [6, 6.07) is 18.9. The molecule has 588 valence electrons. The number of amides is 10. The topological polar surface area (TPSA) is 408 Å². The highest BCUT2D eigenvalue weighted by Crippen LogP contribution is 2.63. The predicted octanol–water partition coefficient (Wildman–Crippen LogP) is 6.31. The number of imide groups is 5. The van der Waals surface area contributed by atoms with Crippen molar-refractivity contribution in [3.63, 3.8) is 0 Å². The van der Waals surface area contributed by atoms with Crippen molar-refractivity contribution in [1.29, 1.82) is 0 Å². The van der Waals surface area contributed by atoms with Gasteiger partial charge in [-0.25, -0.2) is 4.39 Å². The van der Waals surface area contributed by atoms with Crippen LogP contribution in [0.4, 0.5) is 48.3 Å². The van der Waals surface area contributed by atoms with Crippen molar-refractivity contribution in [2.24, 2.45) is 71.0 Å². The molecule has 0 radical (unpaired) electrons. The number of epoxide rings is 1. The zero-order chi connectivity index (χ0) is 80.1. The number of rotatable bonds is 16. The van der Waals surface area contributed by atoms with Gasteiger partial charge in [-0.15, -0.1) is 46.7 Å². The minimum atomic E-state index is -6.11. The van der Waals surface area contributed by atoms with Crippen LogP contribution >= 0.6 is 0 Å². The molecule has 0 spiro atoms. The van der Waals surface area contributed by atoms with Gasteiger partial charge in [0, 0.05) is 17.8 Å². The summed E-state index contributed by atoms with van der Waals surface area (Å²) in [6.45, 7) is 7.93. The van der Waals surface area contributed by atoms with Gasteiger partial charge in [-0.05, 0) is 98.1 Å². The molecule has 3 aromatic carbocycles. The van der Waals surface area contributed by atoms with Crippen LogP contribution in [-0.2, 0) is 116 Å². The number of aryl methyl sites for hydroxylation is 1. The van der Waals surface area contributed by atoms with Gasteiger partial charge in [-0.3, -0.25) is 52.3 Å². The highest BCUT2D eigenvalue weighted by atomic mass is 32.2. The molecule has 0 aromatic heterocycles. The number of hydroxylamine groups is 10. The monoisotopic (exact) mass is 1640 g/mol. The molecule has 5 saturated heterocycles. The summed E-state index contributed by atoms with van der Waals surface area (Å²) in [4.78, 5) is 120. The number of alkyl halides is 11. The molecule has 13 rings (SSSR count). The van der Waals surface area contributed by atoms with Crippen LogP contribution in [0.15, 0.2) is 91.0 Å². The third kappa shape index (κ3) is 17.0. The van der Waals surface area contributed by atoms with Crippen LogP contribution in [0.1, 0.15) is 97.6 Å². The molecule has 6 aliphatic heterocycles. The highest BCUT2D eigenvalue weighted by molar-refractivity contribution is 7.88. The van der Waals surface area contributed by atoms with E-state index in [1.165, 1.54) is 45.0 Å². The Morgan fingerprint density at radius 1 is 0.523 bits per heavy atom. The van der Waals surface area contributed by atoms with E-state index < -0.39 is 186 Å². The van der Waals surface area contributed by atoms with Gasteiger partial charge in [0.1, 0.15) is 5.75 Å². The zero-order valence-electron chi connectivity index (χ0n) is 55.6. The van der Waals surface area contributed by atoms with E-state index in [2.05, 4.69) is 23.2 Å². The Morgan fingerprint density at radius 3 is 1.47 bits per heavy atom. The number of benzene rings is 3. The molecule has 16 unspecified atom stereocenters. The van der Waals surface area contributed by atoms with Crippen LogP contribution in [0.25, 0.3) is 0 Å². The highest BCUT2D eigenvalue weighted by Gasteiger charge is 2.73. The van der Waals surface area contributed by atoms with Gasteiger partial charge in [-0.2, -0.15) is 77.4 Å². The summed E-state index contributed by atoms with van der Waals surface area (Å²) in [6.07, 6.45) is 6.93. The largest absolute Gasteiger partial charge is 0.525 e. The Bertz CT molecular complexity index is 4520. The van der Waals surface area contributed by atoms with Gasteiger partial charge in [0.15, 0.2) is 0 Å². The standard InChI is InChI=1S/C17H17NO5S.C15H16F3NO5S.C11H10F3NO6S.C9H4F3NO5S.C7H10FNO5S.CH3F/c1-10-3-2-4-12(9-10)22-24(21)23-18-16(19)14-8-6-11-5-7-13(11)15(14)17(18)20;1-3-11(10-7-5-4-6-8-10)12-9(2)13(20)19(14(12)21)24-25(22,23)15(16,17)18;12-11(13,14)22(18,19)21-15-9(16)4-2-1-3-5(6(4)10(15)17)8-7(3)20-8;10-9(11,12)19(16,17)18-13-7(14)5-3-1-2-4-6(5)8(13)15;1-4-5(2)7(11)9(6(4)10)14-15(12,13)3-8;1-2/h2-5,7,9,11,13-15H,6,8H2,1H3;4-9,11-12H,3H2,1-2H3;3-8H,1-2H2;1-4H;4-5H,3H2,1-2H3;1H3. The lowest BCUT2D eigenvalue weighted by atomic mass is 9.58. The number of allylic oxidation sites excluding steroid dienone is 2. The van der Waals surface area contributed by atoms with Crippen LogP contribution in [0.5, 0.6) is 5.75 Å². The number of halogens is 11. The van der Waals surface area contributed by atoms with Crippen LogP contribution in [0.2, 0.25) is 0 Å². The Balaban J connectivity index is 0.000000169. The Labute approximate surface area is 602 Å². The fraction of sp³-hybridized carbons (Fsp3) is 0.500. The molecule has 10 aliphatic rings. The van der Waals surface area contributed by atoms with Crippen LogP contribution in [0, 0.1) is 77.9 Å². The van der Waals surface area contributed by atoms with E-state index in [1.807, 2.05) is 19.1 Å². The second-order valence-corrected chi connectivity index (χ2v) is 31.6. The molecular formula is C60H60F11N5O26S5. The quantitative estimate of drug-likeness (QED) is 0.0498. The van der Waals surface area contributed by atoms with Gasteiger partial charge < -0.3 is 8.92 Å². The maximum absolute atomic E-state index is 12.5. The first-order chi connectivity index (χ1) is 49.6. The Hall–Kier alpha value is -8.16. The zero-order valence-corrected chi connectivity index (χ0v) is 59.7. The van der Waals surface area contributed by atoms with E-state index in [0.29, 0.717) is 49.6 Å². The van der Waals surface area contributed by atoms with Crippen LogP contribution in [-0.4, -0.2) is 164 Å². The number of hydrogen-bond acceptors (Lipinski definition) is 26. The lowest BCUT2D eigenvalue weighted by molar-refractivity contribution is -0.170. The van der Waals surface area contributed by atoms with Crippen molar-refractivity contribution in [3.05, 3.63) is 113 Å². The molecule has 0 N–H and O–H groups in total. The first-order valence-electron chi connectivity index (χ1n) is 31.3. The fourth-order valence-electron chi connectivity index (χ4n) is 13.2. The summed E-state index contributed by atoms with van der Waals surface area (Å²) in [7, 11) is -22.2. The van der Waals surface area contributed by atoms with Gasteiger partial charge in [0.2, 0.25) is 6.01 Å². The number of ether oxygens (including phenoxy) is 1. The lowest BCUT2D eigenvalue weighted by Crippen LogP contribution is -2.49. The summed E-state index contributed by atoms with van der Waals surface area (Å²) in [5.74, 6) is -14.7. The van der Waals surface area contributed by atoms with Crippen molar-refractivity contribution in [1.82, 2.24) is 25.3 Å². The van der Waals surface area contributed by atoms with Crippen LogP contribution in [0.3, 0.4) is 0 Å². The molecule has 107 heavy (non-hydrogen) atoms. The minimum Gasteiger partial charge on any atom is -0.379 e. The van der Waals surface area contributed by atoms with Crippen molar-refractivity contribution in [2.75, 3.05) is 13.2 Å². The number of nitrogens with zero attached hydrogens (tertiary/aromatic N) is 5. The molecule has 8 fully saturated rings. The molecule has 4 aliphatic carbocycles. The molecule has 0 bridgehead atoms. The molecule has 47 heteroatoms. The second kappa shape index (κ2) is 31.8. The lowest BCUT2D eigenvalue weighted by Gasteiger charge is -2.41. The Kier molecular flexibility index (Phi) is 25.1. The number of hydrogen-bond donors (Lipinski definition) is 0. The molecule has 3 saturated carbocycles. The third-order valence-electron chi connectivity index (χ3n) is 18.6. The average Bonchev–Trinajstić information content (AvgIpc) is 1.52. The van der Waals surface area contributed by atoms with E-state index in [4.69, 9.17) is 13.2 Å². The molecular weight excluding hydrogens is 1580 g/mol. The number of carbonyl (C=O) groups excluding carboxylic acids is 10. The van der Waals surface area contributed by atoms with Crippen molar-refractivity contribution in [3.8, 4) is 5.75 Å². The summed E-state index contributed by atoms with van der Waals surface area (Å²) in [5, 5.41) is -0.159. The summed E-state index contributed by atoms with van der Waals surface area (Å²) >= 11 is -2.26. The van der Waals surface area contributed by atoms with E-state index in [0.717, 1.165) is 17.5 Å². The predicted molar refractivity (Wildman–Crippen MR) is 331 cm³/mol. The summed E-state index contributed by atoms with van der Waals surface area (Å²) < 4.78 is 262. The van der Waals surface area contributed by atoms with Crippen molar-refractivity contribution >= 4 is 111 Å². The van der Waals surface area contributed by atoms with Crippen molar-refractivity contribution < 1.29 is 164 Å². The van der Waals surface area contributed by atoms with E-state index >= 15 is 0 Å². The molecule has 6 heterocycles. The second-order valence-electron chi connectivity index (χ2n) is 24.8. The smallest absolute Gasteiger partial charge is 0.379 e. The van der Waals surface area contributed by atoms with Crippen molar-refractivity contribution in [2.45, 2.75) is 101 Å².